The van der Waals surface area contributed by atoms with Crippen LogP contribution in [0.4, 0.5) is 0 Å². The molecule has 46 valence electrons. The zero-order valence-corrected chi connectivity index (χ0v) is 4.37. The first-order chi connectivity index (χ1) is 3.71. The fourth-order valence-corrected chi connectivity index (χ4v) is 0.555. The Hall–Kier alpha value is -0.540. The third kappa shape index (κ3) is 1.21. The molecule has 0 aromatic rings. The van der Waals surface area contributed by atoms with Crippen molar-refractivity contribution >= 4 is 0 Å². The van der Waals surface area contributed by atoms with E-state index in [9.17, 15) is 0 Å². The van der Waals surface area contributed by atoms with Gasteiger partial charge in [0.1, 0.15) is 0 Å². The smallest absolute Gasteiger partial charge is 0.321 e. The molecule has 0 saturated carbocycles. The summed E-state index contributed by atoms with van der Waals surface area (Å²) in [6.45, 7) is 0. The van der Waals surface area contributed by atoms with Crippen molar-refractivity contribution in [2.45, 2.75) is 18.8 Å². The molecule has 1 aliphatic rings. The van der Waals surface area contributed by atoms with Crippen LogP contribution in [0.1, 0.15) is 12.8 Å². The molecule has 0 radical (unpaired) electrons. The first kappa shape index (κ1) is 5.59. The lowest BCUT2D eigenvalue weighted by Gasteiger charge is -2.22. The van der Waals surface area contributed by atoms with Gasteiger partial charge in [0.25, 0.3) is 0 Å². The highest BCUT2D eigenvalue weighted by atomic mass is 16.8. The fourth-order valence-electron chi connectivity index (χ4n) is 0.555. The van der Waals surface area contributed by atoms with Gasteiger partial charge in [0.15, 0.2) is 0 Å². The number of rotatable bonds is 0. The molecule has 1 heterocycles. The van der Waals surface area contributed by atoms with Crippen LogP contribution in [0.3, 0.4) is 0 Å². The number of hydrogen-bond donors (Lipinski definition) is 2. The molecule has 3 heteroatoms. The van der Waals surface area contributed by atoms with Crippen LogP contribution >= 0.6 is 0 Å². The molecule has 0 aromatic carbocycles. The van der Waals surface area contributed by atoms with Crippen molar-refractivity contribution in [1.82, 2.24) is 0 Å². The molecular weight excluding hydrogens is 108 g/mol. The molecule has 0 atom stereocenters. The number of hydrogen-bond acceptors (Lipinski definition) is 3. The Morgan fingerprint density at radius 2 is 2.25 bits per heavy atom. The monoisotopic (exact) mass is 116 g/mol. The van der Waals surface area contributed by atoms with Crippen molar-refractivity contribution < 1.29 is 14.9 Å². The number of ether oxygens (including phenoxy) is 1. The van der Waals surface area contributed by atoms with Crippen molar-refractivity contribution in [3.8, 4) is 0 Å². The predicted molar refractivity (Wildman–Crippen MR) is 26.6 cm³/mol. The van der Waals surface area contributed by atoms with Crippen LogP contribution in [0.5, 0.6) is 0 Å². The van der Waals surface area contributed by atoms with Gasteiger partial charge >= 0.3 is 5.97 Å². The molecule has 0 saturated heterocycles. The molecule has 0 spiro atoms. The average Bonchev–Trinajstić information content (AvgIpc) is 1.65. The second-order valence-electron chi connectivity index (χ2n) is 1.77. The number of allylic oxidation sites excluding steroid dienone is 1. The Bertz CT molecular complexity index is 106. The summed E-state index contributed by atoms with van der Waals surface area (Å²) in [6.07, 6.45) is 3.95. The highest BCUT2D eigenvalue weighted by molar-refractivity contribution is 4.80. The van der Waals surface area contributed by atoms with Gasteiger partial charge in [-0.25, -0.2) is 0 Å². The van der Waals surface area contributed by atoms with E-state index < -0.39 is 5.97 Å². The minimum atomic E-state index is -1.91. The van der Waals surface area contributed by atoms with Gasteiger partial charge in [0.2, 0.25) is 0 Å². The topological polar surface area (TPSA) is 49.7 Å². The molecular formula is C5H8O3. The Morgan fingerprint density at radius 3 is 2.50 bits per heavy atom. The lowest BCUT2D eigenvalue weighted by molar-refractivity contribution is -0.320. The quantitative estimate of drug-likeness (QED) is 0.436. The molecule has 0 unspecified atom stereocenters. The average molecular weight is 116 g/mol. The number of aliphatic hydroxyl groups is 2. The molecule has 2 N–H and O–H groups in total. The summed E-state index contributed by atoms with van der Waals surface area (Å²) < 4.78 is 4.40. The standard InChI is InChI=1S/C5H8O3/c6-5(7)3-1-2-4-8-5/h2,4,6-7H,1,3H2. The summed E-state index contributed by atoms with van der Waals surface area (Å²) >= 11 is 0. The molecule has 8 heavy (non-hydrogen) atoms. The minimum absolute atomic E-state index is 0.253. The lowest BCUT2D eigenvalue weighted by atomic mass is 10.2. The van der Waals surface area contributed by atoms with E-state index in [1.165, 1.54) is 6.26 Å². The van der Waals surface area contributed by atoms with Gasteiger partial charge in [0, 0.05) is 6.42 Å². The zero-order valence-electron chi connectivity index (χ0n) is 4.37. The molecule has 0 aliphatic carbocycles. The first-order valence-corrected chi connectivity index (χ1v) is 2.48. The Balaban J connectivity index is 2.50. The predicted octanol–water partition coefficient (Wildman–Crippen LogP) is -0.0511. The van der Waals surface area contributed by atoms with Crippen LogP contribution in [0.2, 0.25) is 0 Å². The molecule has 1 aliphatic heterocycles. The zero-order chi connectivity index (χ0) is 6.04. The van der Waals surface area contributed by atoms with E-state index >= 15 is 0 Å². The minimum Gasteiger partial charge on any atom is -0.448 e. The second-order valence-corrected chi connectivity index (χ2v) is 1.77. The molecule has 0 fully saturated rings. The van der Waals surface area contributed by atoms with Crippen LogP contribution in [-0.2, 0) is 4.74 Å². The van der Waals surface area contributed by atoms with Crippen LogP contribution < -0.4 is 0 Å². The molecule has 3 nitrogen and oxygen atoms in total. The highest BCUT2D eigenvalue weighted by Crippen LogP contribution is 2.15. The molecule has 0 amide bonds. The maximum absolute atomic E-state index is 8.66. The van der Waals surface area contributed by atoms with Crippen molar-refractivity contribution in [3.05, 3.63) is 12.3 Å². The maximum Gasteiger partial charge on any atom is 0.321 e. The van der Waals surface area contributed by atoms with E-state index in [1.54, 1.807) is 6.08 Å². The summed E-state index contributed by atoms with van der Waals surface area (Å²) in [6, 6.07) is 0. The molecule has 1 rings (SSSR count). The third-order valence-electron chi connectivity index (χ3n) is 0.990. The Labute approximate surface area is 47.2 Å². The van der Waals surface area contributed by atoms with Gasteiger partial charge in [-0.3, -0.25) is 0 Å². The first-order valence-electron chi connectivity index (χ1n) is 2.48. The SMILES string of the molecule is OC1(O)CCC=CO1. The van der Waals surface area contributed by atoms with Crippen molar-refractivity contribution in [2.75, 3.05) is 0 Å². The third-order valence-corrected chi connectivity index (χ3v) is 0.990. The van der Waals surface area contributed by atoms with E-state index in [0.717, 1.165) is 0 Å². The Morgan fingerprint density at radius 1 is 1.50 bits per heavy atom. The summed E-state index contributed by atoms with van der Waals surface area (Å²) in [7, 11) is 0. The normalized spacial score (nSPS) is 24.8. The summed E-state index contributed by atoms with van der Waals surface area (Å²) in [4.78, 5) is 0. The van der Waals surface area contributed by atoms with Crippen LogP contribution in [-0.4, -0.2) is 16.2 Å². The Kier molecular flexibility index (Phi) is 1.23. The van der Waals surface area contributed by atoms with E-state index in [-0.39, 0.29) is 6.42 Å². The fraction of sp³-hybridized carbons (Fsp3) is 0.600. The second kappa shape index (κ2) is 1.76. The van der Waals surface area contributed by atoms with Crippen molar-refractivity contribution in [2.24, 2.45) is 0 Å². The maximum atomic E-state index is 8.66. The lowest BCUT2D eigenvalue weighted by Crippen LogP contribution is -2.30. The van der Waals surface area contributed by atoms with E-state index in [2.05, 4.69) is 4.74 Å². The van der Waals surface area contributed by atoms with E-state index in [0.29, 0.717) is 6.42 Å². The van der Waals surface area contributed by atoms with Gasteiger partial charge in [-0.2, -0.15) is 0 Å². The van der Waals surface area contributed by atoms with E-state index in [1.807, 2.05) is 0 Å². The molecule has 0 bridgehead atoms. The van der Waals surface area contributed by atoms with Crippen molar-refractivity contribution in [3.63, 3.8) is 0 Å². The van der Waals surface area contributed by atoms with Crippen LogP contribution in [0.25, 0.3) is 0 Å². The van der Waals surface area contributed by atoms with Gasteiger partial charge in [-0.1, -0.05) is 0 Å². The summed E-state index contributed by atoms with van der Waals surface area (Å²) in [5.74, 6) is -1.91. The van der Waals surface area contributed by atoms with E-state index in [4.69, 9.17) is 10.2 Å². The van der Waals surface area contributed by atoms with Gasteiger partial charge in [-0.15, -0.1) is 0 Å². The highest BCUT2D eigenvalue weighted by Gasteiger charge is 2.24. The van der Waals surface area contributed by atoms with Gasteiger partial charge in [0.05, 0.1) is 6.26 Å². The van der Waals surface area contributed by atoms with Gasteiger partial charge in [-0.05, 0) is 12.5 Å². The van der Waals surface area contributed by atoms with Crippen molar-refractivity contribution in [1.29, 1.82) is 0 Å². The summed E-state index contributed by atoms with van der Waals surface area (Å²) in [5, 5.41) is 17.3. The largest absolute Gasteiger partial charge is 0.448 e. The van der Waals surface area contributed by atoms with Gasteiger partial charge < -0.3 is 14.9 Å². The van der Waals surface area contributed by atoms with Crippen LogP contribution in [0, 0.1) is 0 Å². The summed E-state index contributed by atoms with van der Waals surface area (Å²) in [5.41, 5.74) is 0. The molecule has 0 aromatic heterocycles. The van der Waals surface area contributed by atoms with Crippen LogP contribution in [0.15, 0.2) is 12.3 Å².